The van der Waals surface area contributed by atoms with E-state index in [0.717, 1.165) is 12.1 Å². The third-order valence-corrected chi connectivity index (χ3v) is 5.60. The van der Waals surface area contributed by atoms with Crippen LogP contribution in [0.2, 0.25) is 0 Å². The van der Waals surface area contributed by atoms with Crippen molar-refractivity contribution in [3.63, 3.8) is 0 Å². The Balaban J connectivity index is 1.43. The standard InChI is InChI=1S/C21H27N3O2/c25-21(11-17-5-1-2-6-17)24-13-19-8-4-10-23(19)14-20(15-24)26-16-18-7-3-9-22-12-18/h3-4,7-10,12,17,20H,1-2,5-6,11,13-16H2/t20-/m0/s1. The van der Waals surface area contributed by atoms with E-state index in [4.69, 9.17) is 4.74 Å². The summed E-state index contributed by atoms with van der Waals surface area (Å²) in [6.45, 7) is 2.66. The minimum absolute atomic E-state index is 0.00335. The van der Waals surface area contributed by atoms with Crippen LogP contribution in [0.3, 0.4) is 0 Å². The molecule has 1 atom stereocenters. The fourth-order valence-electron chi connectivity index (χ4n) is 4.14. The van der Waals surface area contributed by atoms with Gasteiger partial charge in [-0.3, -0.25) is 9.78 Å². The molecular formula is C21H27N3O2. The van der Waals surface area contributed by atoms with E-state index >= 15 is 0 Å². The second kappa shape index (κ2) is 8.04. The van der Waals surface area contributed by atoms with Gasteiger partial charge in [-0.1, -0.05) is 18.9 Å². The number of rotatable bonds is 5. The largest absolute Gasteiger partial charge is 0.370 e. The molecule has 2 aromatic heterocycles. The number of carbonyl (C=O) groups excluding carboxylic acids is 1. The van der Waals surface area contributed by atoms with Crippen LogP contribution in [0.4, 0.5) is 0 Å². The van der Waals surface area contributed by atoms with E-state index in [1.54, 1.807) is 6.20 Å². The topological polar surface area (TPSA) is 47.4 Å². The van der Waals surface area contributed by atoms with Crippen LogP contribution in [0.1, 0.15) is 43.4 Å². The highest BCUT2D eigenvalue weighted by Gasteiger charge is 2.27. The van der Waals surface area contributed by atoms with Gasteiger partial charge in [0.25, 0.3) is 0 Å². The molecule has 3 heterocycles. The number of fused-ring (bicyclic) bond motifs is 1. The van der Waals surface area contributed by atoms with Crippen molar-refractivity contribution in [1.82, 2.24) is 14.5 Å². The van der Waals surface area contributed by atoms with Gasteiger partial charge in [0, 0.05) is 37.3 Å². The number of hydrogen-bond acceptors (Lipinski definition) is 3. The van der Waals surface area contributed by atoms with Gasteiger partial charge in [0.2, 0.25) is 5.91 Å². The first-order valence-electron chi connectivity index (χ1n) is 9.70. The fourth-order valence-corrected chi connectivity index (χ4v) is 4.14. The van der Waals surface area contributed by atoms with Crippen LogP contribution in [0.15, 0.2) is 42.9 Å². The Bertz CT molecular complexity index is 722. The zero-order valence-corrected chi connectivity index (χ0v) is 15.2. The lowest BCUT2D eigenvalue weighted by Gasteiger charge is -2.25. The maximum absolute atomic E-state index is 12.9. The minimum atomic E-state index is -0.00335. The lowest BCUT2D eigenvalue weighted by atomic mass is 10.0. The number of ether oxygens (including phenoxy) is 1. The summed E-state index contributed by atoms with van der Waals surface area (Å²) in [7, 11) is 0. The first-order valence-corrected chi connectivity index (χ1v) is 9.70. The van der Waals surface area contributed by atoms with Crippen LogP contribution in [0.5, 0.6) is 0 Å². The number of aromatic nitrogens is 2. The summed E-state index contributed by atoms with van der Waals surface area (Å²) in [6.07, 6.45) is 11.3. The summed E-state index contributed by atoms with van der Waals surface area (Å²) in [5.41, 5.74) is 2.26. The van der Waals surface area contributed by atoms with Crippen molar-refractivity contribution in [2.24, 2.45) is 5.92 Å². The van der Waals surface area contributed by atoms with Gasteiger partial charge in [0.05, 0.1) is 25.8 Å². The summed E-state index contributed by atoms with van der Waals surface area (Å²) < 4.78 is 8.39. The number of nitrogens with zero attached hydrogens (tertiary/aromatic N) is 3. The molecule has 138 valence electrons. The average molecular weight is 353 g/mol. The molecule has 26 heavy (non-hydrogen) atoms. The summed E-state index contributed by atoms with van der Waals surface area (Å²) in [5.74, 6) is 0.855. The maximum atomic E-state index is 12.9. The summed E-state index contributed by atoms with van der Waals surface area (Å²) in [6, 6.07) is 8.11. The molecule has 5 heteroatoms. The molecule has 0 radical (unpaired) electrons. The quantitative estimate of drug-likeness (QED) is 0.828. The van der Waals surface area contributed by atoms with Gasteiger partial charge in [-0.2, -0.15) is 0 Å². The van der Waals surface area contributed by atoms with Crippen molar-refractivity contribution in [1.29, 1.82) is 0 Å². The first kappa shape index (κ1) is 17.3. The zero-order chi connectivity index (χ0) is 17.8. The van der Waals surface area contributed by atoms with Gasteiger partial charge in [-0.25, -0.2) is 0 Å². The predicted molar refractivity (Wildman–Crippen MR) is 99.2 cm³/mol. The van der Waals surface area contributed by atoms with Crippen molar-refractivity contribution in [2.45, 2.75) is 57.9 Å². The van der Waals surface area contributed by atoms with E-state index in [0.29, 0.717) is 32.0 Å². The van der Waals surface area contributed by atoms with Gasteiger partial charge in [0.1, 0.15) is 0 Å². The maximum Gasteiger partial charge on any atom is 0.223 e. The van der Waals surface area contributed by atoms with E-state index in [2.05, 4.69) is 27.9 Å². The Hall–Kier alpha value is -2.14. The number of pyridine rings is 1. The van der Waals surface area contributed by atoms with E-state index in [9.17, 15) is 4.79 Å². The molecule has 0 bridgehead atoms. The molecule has 1 fully saturated rings. The molecule has 1 aliphatic carbocycles. The van der Waals surface area contributed by atoms with Crippen molar-refractivity contribution < 1.29 is 9.53 Å². The monoisotopic (exact) mass is 353 g/mol. The molecule has 0 spiro atoms. The molecule has 0 unspecified atom stereocenters. The summed E-state index contributed by atoms with van der Waals surface area (Å²) in [5, 5.41) is 0. The highest BCUT2D eigenvalue weighted by Crippen LogP contribution is 2.29. The van der Waals surface area contributed by atoms with Crippen molar-refractivity contribution in [2.75, 3.05) is 6.54 Å². The Kier molecular flexibility index (Phi) is 5.34. The van der Waals surface area contributed by atoms with E-state index in [-0.39, 0.29) is 12.0 Å². The minimum Gasteiger partial charge on any atom is -0.370 e. The Morgan fingerprint density at radius 3 is 2.88 bits per heavy atom. The lowest BCUT2D eigenvalue weighted by Crippen LogP contribution is -2.37. The van der Waals surface area contributed by atoms with Gasteiger partial charge in [-0.05, 0) is 42.5 Å². The Morgan fingerprint density at radius 2 is 2.08 bits per heavy atom. The van der Waals surface area contributed by atoms with Gasteiger partial charge < -0.3 is 14.2 Å². The fraction of sp³-hybridized carbons (Fsp3) is 0.524. The van der Waals surface area contributed by atoms with E-state index in [1.165, 1.54) is 31.4 Å². The van der Waals surface area contributed by atoms with Crippen LogP contribution in [-0.4, -0.2) is 33.0 Å². The van der Waals surface area contributed by atoms with Crippen LogP contribution in [0.25, 0.3) is 0 Å². The number of amides is 1. The van der Waals surface area contributed by atoms with Gasteiger partial charge >= 0.3 is 0 Å². The van der Waals surface area contributed by atoms with Gasteiger partial charge in [-0.15, -0.1) is 0 Å². The summed E-state index contributed by atoms with van der Waals surface area (Å²) >= 11 is 0. The molecule has 1 saturated carbocycles. The van der Waals surface area contributed by atoms with Crippen LogP contribution in [0, 0.1) is 5.92 Å². The smallest absolute Gasteiger partial charge is 0.223 e. The third kappa shape index (κ3) is 4.15. The second-order valence-corrected chi connectivity index (χ2v) is 7.58. The molecule has 4 rings (SSSR count). The van der Waals surface area contributed by atoms with E-state index in [1.807, 2.05) is 23.2 Å². The third-order valence-electron chi connectivity index (χ3n) is 5.60. The molecule has 1 amide bonds. The average Bonchev–Trinajstić information content (AvgIpc) is 3.29. The van der Waals surface area contributed by atoms with Crippen molar-refractivity contribution >= 4 is 5.91 Å². The molecule has 5 nitrogen and oxygen atoms in total. The molecule has 0 saturated heterocycles. The van der Waals surface area contributed by atoms with Crippen LogP contribution >= 0.6 is 0 Å². The Morgan fingerprint density at radius 1 is 1.19 bits per heavy atom. The molecular weight excluding hydrogens is 326 g/mol. The molecule has 1 aliphatic heterocycles. The molecule has 2 aromatic rings. The zero-order valence-electron chi connectivity index (χ0n) is 15.2. The molecule has 0 aromatic carbocycles. The predicted octanol–water partition coefficient (Wildman–Crippen LogP) is 3.39. The van der Waals surface area contributed by atoms with Crippen LogP contribution < -0.4 is 0 Å². The SMILES string of the molecule is O=C(CC1CCCC1)N1Cc2cccn2C[C@H](OCc2cccnc2)C1. The van der Waals surface area contributed by atoms with E-state index < -0.39 is 0 Å². The summed E-state index contributed by atoms with van der Waals surface area (Å²) in [4.78, 5) is 19.1. The Labute approximate surface area is 155 Å². The molecule has 0 N–H and O–H groups in total. The molecule has 2 aliphatic rings. The lowest BCUT2D eigenvalue weighted by molar-refractivity contribution is -0.134. The number of hydrogen-bond donors (Lipinski definition) is 0. The van der Waals surface area contributed by atoms with Crippen molar-refractivity contribution in [3.8, 4) is 0 Å². The highest BCUT2D eigenvalue weighted by atomic mass is 16.5. The second-order valence-electron chi connectivity index (χ2n) is 7.58. The number of carbonyl (C=O) groups is 1. The van der Waals surface area contributed by atoms with Crippen molar-refractivity contribution in [3.05, 3.63) is 54.1 Å². The van der Waals surface area contributed by atoms with Gasteiger partial charge in [0.15, 0.2) is 0 Å². The first-order chi connectivity index (χ1) is 12.8. The van der Waals surface area contributed by atoms with Crippen LogP contribution in [-0.2, 0) is 29.2 Å². The normalized spacial score (nSPS) is 20.8. The highest BCUT2D eigenvalue weighted by molar-refractivity contribution is 5.76.